The molecule has 3 aromatic carbocycles. The lowest BCUT2D eigenvalue weighted by atomic mass is 9.87. The summed E-state index contributed by atoms with van der Waals surface area (Å²) in [4.78, 5) is 49.0. The first-order chi connectivity index (χ1) is 29.7. The molecule has 4 N–H and O–H groups in total. The molecule has 15 heteroatoms. The number of aromatic nitrogens is 2. The van der Waals surface area contributed by atoms with Gasteiger partial charge in [0.25, 0.3) is 0 Å². The Hall–Kier alpha value is -6.09. The third kappa shape index (κ3) is 7.86. The highest BCUT2D eigenvalue weighted by molar-refractivity contribution is 6.02. The molecule has 318 valence electrons. The van der Waals surface area contributed by atoms with Gasteiger partial charge in [-0.3, -0.25) is 24.6 Å². The number of nitrogens with two attached hydrogens (primary N) is 1. The lowest BCUT2D eigenvalue weighted by Crippen LogP contribution is -2.55. The fourth-order valence-corrected chi connectivity index (χ4v) is 10.4. The van der Waals surface area contributed by atoms with Crippen molar-refractivity contribution < 1.29 is 29.0 Å². The number of amides is 3. The molecule has 6 aliphatic heterocycles. The molecule has 5 fully saturated rings. The van der Waals surface area contributed by atoms with Crippen LogP contribution in [0.3, 0.4) is 0 Å². The molecule has 2 bridgehead atoms. The van der Waals surface area contributed by atoms with E-state index in [2.05, 4.69) is 59.4 Å². The summed E-state index contributed by atoms with van der Waals surface area (Å²) in [6, 6.07) is 23.9. The molecule has 15 nitrogen and oxygen atoms in total. The summed E-state index contributed by atoms with van der Waals surface area (Å²) in [5, 5.41) is 21.1. The molecule has 6 aliphatic rings. The number of piperidine rings is 2. The van der Waals surface area contributed by atoms with Crippen molar-refractivity contribution in [3.8, 4) is 28.5 Å². The van der Waals surface area contributed by atoms with Crippen molar-refractivity contribution >= 4 is 40.6 Å². The average molecular weight is 828 g/mol. The minimum atomic E-state index is -0.372. The quantitative estimate of drug-likeness (QED) is 0.196. The minimum Gasteiger partial charge on any atom is -0.508 e. The number of anilines is 4. The van der Waals surface area contributed by atoms with Crippen molar-refractivity contribution in [2.24, 2.45) is 5.92 Å². The fraction of sp³-hybridized carbons (Fsp3) is 0.457. The predicted octanol–water partition coefficient (Wildman–Crippen LogP) is 4.01. The number of rotatable bonds is 10. The maximum atomic E-state index is 13.3. The van der Waals surface area contributed by atoms with Crippen molar-refractivity contribution in [1.82, 2.24) is 25.3 Å². The second kappa shape index (κ2) is 16.4. The second-order valence-electron chi connectivity index (χ2n) is 17.5. The van der Waals surface area contributed by atoms with E-state index in [-0.39, 0.29) is 29.5 Å². The number of phenolic OH excluding ortho intramolecular Hbond substituents is 1. The second-order valence-corrected chi connectivity index (χ2v) is 17.5. The highest BCUT2D eigenvalue weighted by Crippen LogP contribution is 2.44. The van der Waals surface area contributed by atoms with Crippen molar-refractivity contribution in [3.05, 3.63) is 78.4 Å². The lowest BCUT2D eigenvalue weighted by Gasteiger charge is -2.43. The number of hydrogen-bond acceptors (Lipinski definition) is 13. The van der Waals surface area contributed by atoms with Gasteiger partial charge in [0.05, 0.1) is 36.8 Å². The van der Waals surface area contributed by atoms with E-state index in [1.54, 1.807) is 18.2 Å². The van der Waals surface area contributed by atoms with Gasteiger partial charge in [0.2, 0.25) is 17.7 Å². The number of imide groups is 1. The average Bonchev–Trinajstić information content (AvgIpc) is 3.52. The number of fused-ring (bicyclic) bond motifs is 3. The molecule has 0 spiro atoms. The Bertz CT molecular complexity index is 2300. The first-order valence-electron chi connectivity index (χ1n) is 21.8. The number of carbonyl (C=O) groups is 3. The Morgan fingerprint density at radius 3 is 2.44 bits per heavy atom. The number of ether oxygens (including phenoxy) is 2. The zero-order valence-corrected chi connectivity index (χ0v) is 34.3. The molecule has 3 amide bonds. The summed E-state index contributed by atoms with van der Waals surface area (Å²) in [5.74, 6) is 2.63. The number of nitrogens with one attached hydrogen (secondary N) is 1. The first kappa shape index (κ1) is 39.1. The lowest BCUT2D eigenvalue weighted by molar-refractivity contribution is -0.140. The van der Waals surface area contributed by atoms with E-state index >= 15 is 0 Å². The highest BCUT2D eigenvalue weighted by Gasteiger charge is 2.41. The standard InChI is InChI=1S/C46H53N9O6/c47-45-41(22-38(49-50-45)31-4-1-6-35(56)20-31)52-25-33-10-11-34(26-52)55(33)32-5-2-7-36(21-32)61-28-29-23-53(24-29)43(58)27-51-16-14-30(15-17-51)37-8-3-9-39-44(37)60-19-18-54(39)40-12-13-42(57)48-46(40)59/h1-9,20-22,29-30,33-34,40,56H,10-19,23-28H2,(H2,47,50)(H,48,57,59)/t33-,34+,40-/m0/s1. The van der Waals surface area contributed by atoms with Crippen molar-refractivity contribution in [2.45, 2.75) is 62.6 Å². The number of benzene rings is 3. The Morgan fingerprint density at radius 2 is 1.66 bits per heavy atom. The maximum Gasteiger partial charge on any atom is 0.249 e. The number of nitrogens with zero attached hydrogens (tertiary/aromatic N) is 7. The SMILES string of the molecule is Nc1nnc(-c2cccc(O)c2)cc1N1C[C@H]2CC[C@@H](C1)N2c1cccc(OCC2CN(C(=O)CN3CCC(c4cccc5c4OCCN5[C@H]4CCC(=O)NC4=O)CC3)C2)c1. The summed E-state index contributed by atoms with van der Waals surface area (Å²) in [6.45, 7) is 6.81. The number of piperazine rings is 1. The van der Waals surface area contributed by atoms with Crippen LogP contribution < -0.4 is 35.2 Å². The largest absolute Gasteiger partial charge is 0.508 e. The van der Waals surface area contributed by atoms with Gasteiger partial charge in [0.1, 0.15) is 29.9 Å². The van der Waals surface area contributed by atoms with Crippen LogP contribution in [-0.4, -0.2) is 127 Å². The van der Waals surface area contributed by atoms with E-state index in [1.807, 2.05) is 35.2 Å². The van der Waals surface area contributed by atoms with Crippen LogP contribution in [0.4, 0.5) is 22.9 Å². The number of nitrogen functional groups attached to an aromatic ring is 1. The third-order valence-corrected chi connectivity index (χ3v) is 13.6. The van der Waals surface area contributed by atoms with Gasteiger partial charge in [-0.15, -0.1) is 10.2 Å². The first-order valence-corrected chi connectivity index (χ1v) is 21.8. The maximum absolute atomic E-state index is 13.3. The van der Waals surface area contributed by atoms with E-state index in [0.717, 1.165) is 91.6 Å². The van der Waals surface area contributed by atoms with E-state index in [1.165, 1.54) is 0 Å². The van der Waals surface area contributed by atoms with Crippen LogP contribution in [-0.2, 0) is 14.4 Å². The molecule has 0 aliphatic carbocycles. The molecule has 0 radical (unpaired) electrons. The van der Waals surface area contributed by atoms with Gasteiger partial charge in [-0.1, -0.05) is 30.3 Å². The number of hydrogen-bond donors (Lipinski definition) is 3. The van der Waals surface area contributed by atoms with Crippen molar-refractivity contribution in [3.63, 3.8) is 0 Å². The number of aromatic hydroxyl groups is 1. The van der Waals surface area contributed by atoms with E-state index in [4.69, 9.17) is 15.2 Å². The Morgan fingerprint density at radius 1 is 0.869 bits per heavy atom. The Balaban J connectivity index is 0.687. The van der Waals surface area contributed by atoms with Gasteiger partial charge in [0.15, 0.2) is 5.82 Å². The van der Waals surface area contributed by atoms with E-state index < -0.39 is 0 Å². The van der Waals surface area contributed by atoms with Crippen LogP contribution in [0.5, 0.6) is 17.2 Å². The van der Waals surface area contributed by atoms with Crippen molar-refractivity contribution in [2.75, 3.05) is 86.0 Å². The summed E-state index contributed by atoms with van der Waals surface area (Å²) in [6.07, 6.45) is 4.89. The van der Waals surface area contributed by atoms with E-state index in [0.29, 0.717) is 87.7 Å². The van der Waals surface area contributed by atoms with Gasteiger partial charge in [-0.05, 0) is 93.1 Å². The van der Waals surface area contributed by atoms with Crippen LogP contribution in [0, 0.1) is 5.92 Å². The molecule has 0 unspecified atom stereocenters. The van der Waals surface area contributed by atoms with Crippen molar-refractivity contribution in [1.29, 1.82) is 0 Å². The Labute approximate surface area is 355 Å². The van der Waals surface area contributed by atoms with Crippen LogP contribution in [0.2, 0.25) is 0 Å². The Kier molecular flexibility index (Phi) is 10.5. The van der Waals surface area contributed by atoms with Crippen LogP contribution in [0.1, 0.15) is 50.0 Å². The molecular weight excluding hydrogens is 775 g/mol. The molecule has 4 aromatic rings. The molecule has 3 atom stereocenters. The molecule has 61 heavy (non-hydrogen) atoms. The molecular formula is C46H53N9O6. The van der Waals surface area contributed by atoms with Gasteiger partial charge in [-0.25, -0.2) is 0 Å². The summed E-state index contributed by atoms with van der Waals surface area (Å²) < 4.78 is 12.6. The van der Waals surface area contributed by atoms with Gasteiger partial charge in [0, 0.05) is 67.9 Å². The number of carbonyl (C=O) groups excluding carboxylic acids is 3. The number of para-hydroxylation sites is 1. The highest BCUT2D eigenvalue weighted by atomic mass is 16.5. The summed E-state index contributed by atoms with van der Waals surface area (Å²) in [7, 11) is 0. The zero-order valence-electron chi connectivity index (χ0n) is 34.3. The monoisotopic (exact) mass is 827 g/mol. The predicted molar refractivity (Wildman–Crippen MR) is 231 cm³/mol. The van der Waals surface area contributed by atoms with Crippen LogP contribution >= 0.6 is 0 Å². The molecule has 5 saturated heterocycles. The zero-order chi connectivity index (χ0) is 41.6. The third-order valence-electron chi connectivity index (χ3n) is 13.6. The number of likely N-dealkylation sites (tertiary alicyclic amines) is 2. The van der Waals surface area contributed by atoms with Gasteiger partial charge in [-0.2, -0.15) is 0 Å². The van der Waals surface area contributed by atoms with Crippen LogP contribution in [0.25, 0.3) is 11.3 Å². The molecule has 7 heterocycles. The molecule has 1 aromatic heterocycles. The number of phenols is 1. The van der Waals surface area contributed by atoms with Crippen LogP contribution in [0.15, 0.2) is 72.8 Å². The summed E-state index contributed by atoms with van der Waals surface area (Å²) in [5.41, 5.74) is 12.0. The van der Waals surface area contributed by atoms with Gasteiger partial charge >= 0.3 is 0 Å². The fourth-order valence-electron chi connectivity index (χ4n) is 10.4. The van der Waals surface area contributed by atoms with Gasteiger partial charge < -0.3 is 39.9 Å². The normalized spacial score (nSPS) is 23.3. The molecule has 0 saturated carbocycles. The smallest absolute Gasteiger partial charge is 0.249 e. The van der Waals surface area contributed by atoms with E-state index in [9.17, 15) is 19.5 Å². The minimum absolute atomic E-state index is 0.173. The molecule has 10 rings (SSSR count). The topological polar surface area (TPSA) is 170 Å². The summed E-state index contributed by atoms with van der Waals surface area (Å²) >= 11 is 0.